The van der Waals surface area contributed by atoms with Crippen LogP contribution >= 0.6 is 0 Å². The Morgan fingerprint density at radius 1 is 1.33 bits per heavy atom. The van der Waals surface area contributed by atoms with E-state index in [1.807, 2.05) is 12.1 Å². The molecule has 2 unspecified atom stereocenters. The molecule has 3 nitrogen and oxygen atoms in total. The molecule has 1 aromatic rings. The average Bonchev–Trinajstić information content (AvgIpc) is 2.80. The predicted octanol–water partition coefficient (Wildman–Crippen LogP) is 2.19. The van der Waals surface area contributed by atoms with Crippen LogP contribution in [0.5, 0.6) is 5.75 Å². The van der Waals surface area contributed by atoms with Crippen LogP contribution < -0.4 is 10.1 Å². The van der Waals surface area contributed by atoms with Crippen molar-refractivity contribution in [3.05, 3.63) is 29.3 Å². The summed E-state index contributed by atoms with van der Waals surface area (Å²) in [5.41, 5.74) is 2.42. The van der Waals surface area contributed by atoms with Crippen LogP contribution in [0.2, 0.25) is 0 Å². The molecule has 0 aromatic heterocycles. The van der Waals surface area contributed by atoms with Crippen LogP contribution in [0.15, 0.2) is 18.2 Å². The van der Waals surface area contributed by atoms with Gasteiger partial charge in [0, 0.05) is 12.5 Å². The van der Waals surface area contributed by atoms with Crippen LogP contribution in [0, 0.1) is 13.8 Å². The monoisotopic (exact) mass is 249 g/mol. The summed E-state index contributed by atoms with van der Waals surface area (Å²) in [5.74, 6) is 0.902. The largest absolute Gasteiger partial charge is 0.493 e. The van der Waals surface area contributed by atoms with Crippen molar-refractivity contribution in [3.63, 3.8) is 0 Å². The van der Waals surface area contributed by atoms with Gasteiger partial charge in [0.25, 0.3) is 0 Å². The lowest BCUT2D eigenvalue weighted by molar-refractivity contribution is 0.107. The molecule has 18 heavy (non-hydrogen) atoms. The molecule has 100 valence electrons. The van der Waals surface area contributed by atoms with Gasteiger partial charge >= 0.3 is 0 Å². The fourth-order valence-corrected chi connectivity index (χ4v) is 2.55. The number of hydrogen-bond acceptors (Lipinski definition) is 3. The second kappa shape index (κ2) is 6.21. The van der Waals surface area contributed by atoms with Crippen molar-refractivity contribution in [2.24, 2.45) is 0 Å². The summed E-state index contributed by atoms with van der Waals surface area (Å²) in [6, 6.07) is 6.46. The molecule has 0 radical (unpaired) electrons. The number of aliphatic hydroxyl groups excluding tert-OH is 1. The minimum absolute atomic E-state index is 0.257. The topological polar surface area (TPSA) is 41.5 Å². The number of aryl methyl sites for hydroxylation is 2. The number of benzene rings is 1. The van der Waals surface area contributed by atoms with Crippen molar-refractivity contribution >= 4 is 0 Å². The molecule has 0 spiro atoms. The predicted molar refractivity (Wildman–Crippen MR) is 73.1 cm³/mol. The lowest BCUT2D eigenvalue weighted by Gasteiger charge is -2.18. The van der Waals surface area contributed by atoms with Gasteiger partial charge in [0.05, 0.1) is 12.7 Å². The maximum absolute atomic E-state index is 9.99. The molecule has 0 aliphatic carbocycles. The fraction of sp³-hybridized carbons (Fsp3) is 0.600. The normalized spacial score (nSPS) is 20.9. The molecular formula is C15H23NO2. The standard InChI is InChI=1S/C15H23NO2/c1-11-8-12(2)10-13(9-11)18-7-5-15(17)14-4-3-6-16-14/h8-10,14-17H,3-7H2,1-2H3. The third kappa shape index (κ3) is 3.72. The minimum atomic E-state index is -0.293. The molecular weight excluding hydrogens is 226 g/mol. The van der Waals surface area contributed by atoms with E-state index < -0.39 is 0 Å². The van der Waals surface area contributed by atoms with Crippen LogP contribution in [0.1, 0.15) is 30.4 Å². The molecule has 0 saturated carbocycles. The Balaban J connectivity index is 1.77. The van der Waals surface area contributed by atoms with E-state index in [1.54, 1.807) is 0 Å². The lowest BCUT2D eigenvalue weighted by Crippen LogP contribution is -2.35. The van der Waals surface area contributed by atoms with Crippen molar-refractivity contribution in [2.75, 3.05) is 13.2 Å². The molecule has 1 aromatic carbocycles. The Kier molecular flexibility index (Phi) is 4.61. The van der Waals surface area contributed by atoms with Crippen molar-refractivity contribution in [1.82, 2.24) is 5.32 Å². The molecule has 1 aliphatic rings. The number of aliphatic hydroxyl groups is 1. The Morgan fingerprint density at radius 2 is 2.06 bits per heavy atom. The molecule has 1 heterocycles. The first-order valence-corrected chi connectivity index (χ1v) is 6.78. The summed E-state index contributed by atoms with van der Waals surface area (Å²) in [7, 11) is 0. The van der Waals surface area contributed by atoms with E-state index in [-0.39, 0.29) is 12.1 Å². The van der Waals surface area contributed by atoms with Crippen LogP contribution in [0.3, 0.4) is 0 Å². The summed E-state index contributed by atoms with van der Waals surface area (Å²) >= 11 is 0. The number of nitrogens with one attached hydrogen (secondary N) is 1. The maximum atomic E-state index is 9.99. The highest BCUT2D eigenvalue weighted by molar-refractivity contribution is 5.32. The SMILES string of the molecule is Cc1cc(C)cc(OCCC(O)C2CCCN2)c1. The zero-order valence-electron chi connectivity index (χ0n) is 11.3. The Hall–Kier alpha value is -1.06. The molecule has 1 fully saturated rings. The number of hydrogen-bond donors (Lipinski definition) is 2. The van der Waals surface area contributed by atoms with Gasteiger partial charge in [0.15, 0.2) is 0 Å². The van der Waals surface area contributed by atoms with Gasteiger partial charge in [-0.2, -0.15) is 0 Å². The molecule has 1 aliphatic heterocycles. The van der Waals surface area contributed by atoms with Gasteiger partial charge in [-0.15, -0.1) is 0 Å². The highest BCUT2D eigenvalue weighted by atomic mass is 16.5. The molecule has 2 rings (SSSR count). The van der Waals surface area contributed by atoms with E-state index >= 15 is 0 Å². The molecule has 0 amide bonds. The molecule has 3 heteroatoms. The second-order valence-corrected chi connectivity index (χ2v) is 5.23. The van der Waals surface area contributed by atoms with Crippen LogP contribution in [0.4, 0.5) is 0 Å². The van der Waals surface area contributed by atoms with E-state index in [0.717, 1.165) is 18.7 Å². The quantitative estimate of drug-likeness (QED) is 0.840. The zero-order chi connectivity index (χ0) is 13.0. The van der Waals surface area contributed by atoms with Crippen LogP contribution in [-0.4, -0.2) is 30.4 Å². The van der Waals surface area contributed by atoms with Crippen LogP contribution in [0.25, 0.3) is 0 Å². The first-order valence-electron chi connectivity index (χ1n) is 6.78. The van der Waals surface area contributed by atoms with Gasteiger partial charge in [-0.25, -0.2) is 0 Å². The molecule has 2 N–H and O–H groups in total. The average molecular weight is 249 g/mol. The van der Waals surface area contributed by atoms with E-state index in [4.69, 9.17) is 4.74 Å². The van der Waals surface area contributed by atoms with Crippen molar-refractivity contribution in [2.45, 2.75) is 45.3 Å². The summed E-state index contributed by atoms with van der Waals surface area (Å²) in [6.45, 7) is 5.73. The Labute approximate surface area is 109 Å². The van der Waals surface area contributed by atoms with Crippen molar-refractivity contribution in [3.8, 4) is 5.75 Å². The zero-order valence-corrected chi connectivity index (χ0v) is 11.3. The van der Waals surface area contributed by atoms with Gasteiger partial charge < -0.3 is 15.2 Å². The highest BCUT2D eigenvalue weighted by Gasteiger charge is 2.22. The Bertz CT molecular complexity index is 366. The number of ether oxygens (including phenoxy) is 1. The summed E-state index contributed by atoms with van der Waals surface area (Å²) < 4.78 is 5.71. The van der Waals surface area contributed by atoms with E-state index in [1.165, 1.54) is 17.5 Å². The first-order chi connectivity index (χ1) is 8.65. The van der Waals surface area contributed by atoms with E-state index in [0.29, 0.717) is 13.0 Å². The van der Waals surface area contributed by atoms with Gasteiger partial charge in [0.2, 0.25) is 0 Å². The summed E-state index contributed by atoms with van der Waals surface area (Å²) in [6.07, 6.45) is 2.63. The maximum Gasteiger partial charge on any atom is 0.119 e. The van der Waals surface area contributed by atoms with E-state index in [2.05, 4.69) is 25.2 Å². The second-order valence-electron chi connectivity index (χ2n) is 5.23. The van der Waals surface area contributed by atoms with Gasteiger partial charge in [0.1, 0.15) is 5.75 Å². The highest BCUT2D eigenvalue weighted by Crippen LogP contribution is 2.17. The third-order valence-corrected chi connectivity index (χ3v) is 3.44. The van der Waals surface area contributed by atoms with Gasteiger partial charge in [-0.3, -0.25) is 0 Å². The summed E-state index contributed by atoms with van der Waals surface area (Å²) in [4.78, 5) is 0. The first kappa shape index (κ1) is 13.4. The fourth-order valence-electron chi connectivity index (χ4n) is 2.55. The molecule has 0 bridgehead atoms. The third-order valence-electron chi connectivity index (χ3n) is 3.44. The smallest absolute Gasteiger partial charge is 0.119 e. The number of rotatable bonds is 5. The molecule has 1 saturated heterocycles. The minimum Gasteiger partial charge on any atom is -0.493 e. The van der Waals surface area contributed by atoms with Crippen molar-refractivity contribution < 1.29 is 9.84 Å². The van der Waals surface area contributed by atoms with Gasteiger partial charge in [-0.05, 0) is 56.5 Å². The van der Waals surface area contributed by atoms with Gasteiger partial charge in [-0.1, -0.05) is 6.07 Å². The molecule has 2 atom stereocenters. The van der Waals surface area contributed by atoms with Crippen LogP contribution in [-0.2, 0) is 0 Å². The lowest BCUT2D eigenvalue weighted by atomic mass is 10.1. The van der Waals surface area contributed by atoms with Crippen molar-refractivity contribution in [1.29, 1.82) is 0 Å². The summed E-state index contributed by atoms with van der Waals surface area (Å²) in [5, 5.41) is 13.3. The van der Waals surface area contributed by atoms with E-state index in [9.17, 15) is 5.11 Å². The Morgan fingerprint density at radius 3 is 2.67 bits per heavy atom.